The average Bonchev–Trinajstić information content (AvgIpc) is 2.63. The summed E-state index contributed by atoms with van der Waals surface area (Å²) < 4.78 is 0. The molecule has 1 aromatic heterocycles. The molecule has 0 aromatic carbocycles. The van der Waals surface area contributed by atoms with Crippen LogP contribution >= 0.6 is 0 Å². The van der Waals surface area contributed by atoms with Crippen LogP contribution in [0.2, 0.25) is 0 Å². The zero-order valence-corrected chi connectivity index (χ0v) is 14.1. The third-order valence-corrected chi connectivity index (χ3v) is 5.18. The standard InChI is InChI=1S/C18H28N4O/c1-2-15-12-17(20-13-19-15)21-16-8-6-14(7-9-16)18(23)22-10-4-3-5-11-22/h12-14,16H,2-11H2,1H3,(H,19,20,21). The molecule has 0 unspecified atom stereocenters. The largest absolute Gasteiger partial charge is 0.367 e. The van der Waals surface area contributed by atoms with Gasteiger partial charge in [0.15, 0.2) is 0 Å². The van der Waals surface area contributed by atoms with E-state index in [1.807, 2.05) is 6.07 Å². The van der Waals surface area contributed by atoms with E-state index < -0.39 is 0 Å². The van der Waals surface area contributed by atoms with E-state index in [2.05, 4.69) is 27.1 Å². The number of likely N-dealkylation sites (tertiary alicyclic amines) is 1. The number of hydrogen-bond acceptors (Lipinski definition) is 4. The van der Waals surface area contributed by atoms with Crippen molar-refractivity contribution in [1.82, 2.24) is 14.9 Å². The lowest BCUT2D eigenvalue weighted by molar-refractivity contribution is -0.137. The molecule has 0 atom stereocenters. The quantitative estimate of drug-likeness (QED) is 0.927. The molecule has 0 spiro atoms. The zero-order chi connectivity index (χ0) is 16.1. The van der Waals surface area contributed by atoms with Gasteiger partial charge in [-0.2, -0.15) is 0 Å². The third kappa shape index (κ3) is 4.21. The first-order valence-electron chi connectivity index (χ1n) is 9.12. The summed E-state index contributed by atoms with van der Waals surface area (Å²) in [5.74, 6) is 1.56. The van der Waals surface area contributed by atoms with E-state index in [-0.39, 0.29) is 5.92 Å². The van der Waals surface area contributed by atoms with Crippen LogP contribution < -0.4 is 5.32 Å². The Morgan fingerprint density at radius 3 is 2.61 bits per heavy atom. The van der Waals surface area contributed by atoms with Gasteiger partial charge in [0, 0.05) is 36.8 Å². The number of nitrogens with one attached hydrogen (secondary N) is 1. The number of rotatable bonds is 4. The summed E-state index contributed by atoms with van der Waals surface area (Å²) in [6, 6.07) is 2.46. The van der Waals surface area contributed by atoms with Crippen LogP contribution in [0.1, 0.15) is 57.6 Å². The maximum absolute atomic E-state index is 12.6. The molecule has 23 heavy (non-hydrogen) atoms. The Morgan fingerprint density at radius 1 is 1.17 bits per heavy atom. The molecule has 0 radical (unpaired) electrons. The summed E-state index contributed by atoms with van der Waals surface area (Å²) in [5, 5.41) is 3.52. The Hall–Kier alpha value is -1.65. The lowest BCUT2D eigenvalue weighted by Gasteiger charge is -2.34. The second-order valence-electron chi connectivity index (χ2n) is 6.83. The van der Waals surface area contributed by atoms with Crippen LogP contribution in [0.3, 0.4) is 0 Å². The second kappa shape index (κ2) is 7.75. The van der Waals surface area contributed by atoms with Crippen LogP contribution in [0.25, 0.3) is 0 Å². The van der Waals surface area contributed by atoms with Crippen molar-refractivity contribution in [2.45, 2.75) is 64.3 Å². The number of anilines is 1. The van der Waals surface area contributed by atoms with Crippen LogP contribution in [0, 0.1) is 5.92 Å². The molecule has 0 bridgehead atoms. The monoisotopic (exact) mass is 316 g/mol. The fourth-order valence-corrected chi connectivity index (χ4v) is 3.74. The number of hydrogen-bond donors (Lipinski definition) is 1. The average molecular weight is 316 g/mol. The van der Waals surface area contributed by atoms with Crippen LogP contribution in [-0.4, -0.2) is 39.9 Å². The minimum atomic E-state index is 0.239. The van der Waals surface area contributed by atoms with Crippen LogP contribution in [0.5, 0.6) is 0 Å². The molecule has 5 nitrogen and oxygen atoms in total. The highest BCUT2D eigenvalue weighted by Gasteiger charge is 2.30. The fraction of sp³-hybridized carbons (Fsp3) is 0.722. The molecular weight excluding hydrogens is 288 g/mol. The summed E-state index contributed by atoms with van der Waals surface area (Å²) in [6.45, 7) is 4.04. The highest BCUT2D eigenvalue weighted by atomic mass is 16.2. The lowest BCUT2D eigenvalue weighted by Crippen LogP contribution is -2.41. The smallest absolute Gasteiger partial charge is 0.225 e. The van der Waals surface area contributed by atoms with E-state index >= 15 is 0 Å². The van der Waals surface area contributed by atoms with Gasteiger partial charge in [-0.25, -0.2) is 9.97 Å². The van der Waals surface area contributed by atoms with Gasteiger partial charge in [0.1, 0.15) is 12.1 Å². The number of aromatic nitrogens is 2. The van der Waals surface area contributed by atoms with Crippen molar-refractivity contribution >= 4 is 11.7 Å². The van der Waals surface area contributed by atoms with Gasteiger partial charge in [0.2, 0.25) is 5.91 Å². The van der Waals surface area contributed by atoms with Gasteiger partial charge in [0.25, 0.3) is 0 Å². The van der Waals surface area contributed by atoms with Gasteiger partial charge in [-0.05, 0) is 51.4 Å². The number of nitrogens with zero attached hydrogens (tertiary/aromatic N) is 3. The first kappa shape index (κ1) is 16.2. The Kier molecular flexibility index (Phi) is 5.47. The van der Waals surface area contributed by atoms with Crippen LogP contribution in [0.15, 0.2) is 12.4 Å². The molecule has 1 saturated heterocycles. The van der Waals surface area contributed by atoms with E-state index in [1.165, 1.54) is 19.3 Å². The van der Waals surface area contributed by atoms with E-state index in [4.69, 9.17) is 0 Å². The molecule has 1 saturated carbocycles. The van der Waals surface area contributed by atoms with Gasteiger partial charge in [-0.3, -0.25) is 4.79 Å². The van der Waals surface area contributed by atoms with E-state index in [9.17, 15) is 4.79 Å². The summed E-state index contributed by atoms with van der Waals surface area (Å²) in [4.78, 5) is 23.2. The minimum absolute atomic E-state index is 0.239. The Morgan fingerprint density at radius 2 is 1.91 bits per heavy atom. The fourth-order valence-electron chi connectivity index (χ4n) is 3.74. The molecule has 1 aliphatic carbocycles. The molecule has 5 heteroatoms. The number of aryl methyl sites for hydroxylation is 1. The van der Waals surface area contributed by atoms with Crippen molar-refractivity contribution in [3.05, 3.63) is 18.1 Å². The van der Waals surface area contributed by atoms with Crippen molar-refractivity contribution in [2.75, 3.05) is 18.4 Å². The Balaban J connectivity index is 1.48. The highest BCUT2D eigenvalue weighted by molar-refractivity contribution is 5.79. The van der Waals surface area contributed by atoms with Crippen molar-refractivity contribution in [2.24, 2.45) is 5.92 Å². The summed E-state index contributed by atoms with van der Waals surface area (Å²) in [7, 11) is 0. The first-order chi connectivity index (χ1) is 11.3. The van der Waals surface area contributed by atoms with Crippen molar-refractivity contribution in [1.29, 1.82) is 0 Å². The molecule has 1 aliphatic heterocycles. The number of amides is 1. The summed E-state index contributed by atoms with van der Waals surface area (Å²) in [5.41, 5.74) is 1.07. The number of carbonyl (C=O) groups excluding carboxylic acids is 1. The third-order valence-electron chi connectivity index (χ3n) is 5.18. The molecule has 126 valence electrons. The van der Waals surface area contributed by atoms with Gasteiger partial charge >= 0.3 is 0 Å². The molecule has 1 aromatic rings. The lowest BCUT2D eigenvalue weighted by atomic mass is 9.85. The Bertz CT molecular complexity index is 520. The number of piperidine rings is 1. The predicted octanol–water partition coefficient (Wildman–Crippen LogP) is 3.02. The predicted molar refractivity (Wildman–Crippen MR) is 91.2 cm³/mol. The van der Waals surface area contributed by atoms with E-state index in [0.717, 1.165) is 56.7 Å². The van der Waals surface area contributed by atoms with Gasteiger partial charge in [-0.1, -0.05) is 6.92 Å². The second-order valence-corrected chi connectivity index (χ2v) is 6.83. The zero-order valence-electron chi connectivity index (χ0n) is 14.1. The molecule has 1 N–H and O–H groups in total. The minimum Gasteiger partial charge on any atom is -0.367 e. The topological polar surface area (TPSA) is 58.1 Å². The molecule has 3 rings (SSSR count). The highest BCUT2D eigenvalue weighted by Crippen LogP contribution is 2.28. The van der Waals surface area contributed by atoms with Gasteiger partial charge in [0.05, 0.1) is 0 Å². The molecule has 2 aliphatic rings. The number of carbonyl (C=O) groups is 1. The van der Waals surface area contributed by atoms with Crippen LogP contribution in [0.4, 0.5) is 5.82 Å². The maximum Gasteiger partial charge on any atom is 0.225 e. The summed E-state index contributed by atoms with van der Waals surface area (Å²) in [6.07, 6.45) is 10.3. The van der Waals surface area contributed by atoms with Crippen molar-refractivity contribution in [3.8, 4) is 0 Å². The summed E-state index contributed by atoms with van der Waals surface area (Å²) >= 11 is 0. The van der Waals surface area contributed by atoms with Crippen molar-refractivity contribution < 1.29 is 4.79 Å². The Labute approximate surface area is 138 Å². The molecule has 2 heterocycles. The van der Waals surface area contributed by atoms with Crippen LogP contribution in [-0.2, 0) is 11.2 Å². The van der Waals surface area contributed by atoms with Gasteiger partial charge < -0.3 is 10.2 Å². The van der Waals surface area contributed by atoms with Gasteiger partial charge in [-0.15, -0.1) is 0 Å². The molecular formula is C18H28N4O. The molecule has 1 amide bonds. The normalized spacial score (nSPS) is 25.2. The van der Waals surface area contributed by atoms with E-state index in [1.54, 1.807) is 6.33 Å². The SMILES string of the molecule is CCc1cc(NC2CCC(C(=O)N3CCCCC3)CC2)ncn1. The first-order valence-corrected chi connectivity index (χ1v) is 9.12. The molecule has 2 fully saturated rings. The maximum atomic E-state index is 12.6. The van der Waals surface area contributed by atoms with Crippen molar-refractivity contribution in [3.63, 3.8) is 0 Å². The van der Waals surface area contributed by atoms with E-state index in [0.29, 0.717) is 11.9 Å².